The lowest BCUT2D eigenvalue weighted by Gasteiger charge is -2.49. The lowest BCUT2D eigenvalue weighted by molar-refractivity contribution is -0.143. The number of amides is 2. The number of carbonyl (C=O) groups excluding carboxylic acids is 2. The number of nitrogens with zero attached hydrogens (tertiary/aromatic N) is 3. The first-order valence-electron chi connectivity index (χ1n) is 10.4. The van der Waals surface area contributed by atoms with E-state index >= 15 is 0 Å². The summed E-state index contributed by atoms with van der Waals surface area (Å²) in [4.78, 5) is 31.7. The number of carbonyl (C=O) groups is 2. The molecular formula is C22H31N3O2. The van der Waals surface area contributed by atoms with E-state index in [1.807, 2.05) is 30.1 Å². The van der Waals surface area contributed by atoms with Crippen molar-refractivity contribution in [2.45, 2.75) is 38.0 Å². The van der Waals surface area contributed by atoms with Gasteiger partial charge in [-0.05, 0) is 56.2 Å². The smallest absolute Gasteiger partial charge is 0.236 e. The van der Waals surface area contributed by atoms with Crippen molar-refractivity contribution < 1.29 is 9.59 Å². The van der Waals surface area contributed by atoms with Crippen molar-refractivity contribution in [3.8, 4) is 0 Å². The Balaban J connectivity index is 1.40. The average Bonchev–Trinajstić information content (AvgIpc) is 3.19. The van der Waals surface area contributed by atoms with Crippen molar-refractivity contribution in [2.24, 2.45) is 5.41 Å². The van der Waals surface area contributed by atoms with Gasteiger partial charge >= 0.3 is 0 Å². The second kappa shape index (κ2) is 7.63. The summed E-state index contributed by atoms with van der Waals surface area (Å²) < 4.78 is 0. The van der Waals surface area contributed by atoms with Gasteiger partial charge in [0.05, 0.1) is 12.5 Å². The van der Waals surface area contributed by atoms with E-state index in [0.717, 1.165) is 57.5 Å². The van der Waals surface area contributed by atoms with E-state index in [0.29, 0.717) is 6.54 Å². The molecule has 0 N–H and O–H groups in total. The summed E-state index contributed by atoms with van der Waals surface area (Å²) in [6, 6.07) is 10.2. The third-order valence-electron chi connectivity index (χ3n) is 6.82. The Morgan fingerprint density at radius 1 is 1.07 bits per heavy atom. The number of hydrogen-bond acceptors (Lipinski definition) is 3. The minimum absolute atomic E-state index is 0.0446. The second-order valence-corrected chi connectivity index (χ2v) is 8.73. The molecule has 0 bridgehead atoms. The van der Waals surface area contributed by atoms with Crippen LogP contribution in [0.4, 0.5) is 0 Å². The summed E-state index contributed by atoms with van der Waals surface area (Å²) in [6.07, 6.45) is 5.35. The Bertz CT molecular complexity index is 676. The molecule has 1 aromatic rings. The van der Waals surface area contributed by atoms with Crippen LogP contribution < -0.4 is 0 Å². The summed E-state index contributed by atoms with van der Waals surface area (Å²) in [5, 5.41) is 0. The minimum atomic E-state index is -0.0446. The van der Waals surface area contributed by atoms with Gasteiger partial charge in [-0.1, -0.05) is 30.3 Å². The molecule has 2 amide bonds. The van der Waals surface area contributed by atoms with Crippen molar-refractivity contribution in [1.29, 1.82) is 0 Å². The Kier molecular flexibility index (Phi) is 5.22. The molecule has 1 aromatic carbocycles. The summed E-state index contributed by atoms with van der Waals surface area (Å²) in [5.74, 6) is 0.475. The summed E-state index contributed by atoms with van der Waals surface area (Å²) in [5.41, 5.74) is 1.27. The summed E-state index contributed by atoms with van der Waals surface area (Å²) in [7, 11) is 1.93. The predicted octanol–water partition coefficient (Wildman–Crippen LogP) is 2.34. The fourth-order valence-electron chi connectivity index (χ4n) is 5.20. The van der Waals surface area contributed by atoms with Crippen LogP contribution in [0.3, 0.4) is 0 Å². The van der Waals surface area contributed by atoms with Gasteiger partial charge in [-0.3, -0.25) is 14.5 Å². The van der Waals surface area contributed by atoms with Crippen molar-refractivity contribution in [3.05, 3.63) is 35.9 Å². The molecular weight excluding hydrogens is 338 g/mol. The van der Waals surface area contributed by atoms with E-state index in [9.17, 15) is 9.59 Å². The molecule has 3 aliphatic rings. The van der Waals surface area contributed by atoms with Gasteiger partial charge in [-0.25, -0.2) is 0 Å². The molecule has 4 rings (SSSR count). The Hall–Kier alpha value is -1.88. The van der Waals surface area contributed by atoms with E-state index in [2.05, 4.69) is 21.9 Å². The highest BCUT2D eigenvalue weighted by molar-refractivity contribution is 5.84. The fraction of sp³-hybridized carbons (Fsp3) is 0.636. The Labute approximate surface area is 162 Å². The molecule has 5 nitrogen and oxygen atoms in total. The highest BCUT2D eigenvalue weighted by Crippen LogP contribution is 2.45. The van der Waals surface area contributed by atoms with Crippen molar-refractivity contribution in [3.63, 3.8) is 0 Å². The van der Waals surface area contributed by atoms with Gasteiger partial charge in [0.25, 0.3) is 0 Å². The largest absolute Gasteiger partial charge is 0.345 e. The highest BCUT2D eigenvalue weighted by atomic mass is 16.2. The standard InChI is InChI=1S/C22H31N3O2/c1-23-17-22(15-19(21(23)27)18-7-3-2-4-8-18)9-13-25(14-10-22)20(26)16-24-11-5-6-12-24/h2-4,7-8,19H,5-6,9-17H2,1H3/t19-/m1/s1. The summed E-state index contributed by atoms with van der Waals surface area (Å²) in [6.45, 7) is 5.19. The minimum Gasteiger partial charge on any atom is -0.345 e. The van der Waals surface area contributed by atoms with Crippen molar-refractivity contribution in [1.82, 2.24) is 14.7 Å². The van der Waals surface area contributed by atoms with Gasteiger partial charge < -0.3 is 9.80 Å². The van der Waals surface area contributed by atoms with Crippen molar-refractivity contribution in [2.75, 3.05) is 46.3 Å². The maximum Gasteiger partial charge on any atom is 0.236 e. The number of piperidine rings is 2. The van der Waals surface area contributed by atoms with E-state index in [-0.39, 0.29) is 23.1 Å². The first kappa shape index (κ1) is 18.5. The monoisotopic (exact) mass is 369 g/mol. The molecule has 3 heterocycles. The number of benzene rings is 1. The van der Waals surface area contributed by atoms with E-state index in [4.69, 9.17) is 0 Å². The van der Waals surface area contributed by atoms with Crippen LogP contribution in [0.25, 0.3) is 0 Å². The molecule has 0 aromatic heterocycles. The molecule has 1 atom stereocenters. The molecule has 0 radical (unpaired) electrons. The first-order valence-corrected chi connectivity index (χ1v) is 10.4. The zero-order valence-corrected chi connectivity index (χ0v) is 16.4. The van der Waals surface area contributed by atoms with Crippen LogP contribution in [-0.2, 0) is 9.59 Å². The quantitative estimate of drug-likeness (QED) is 0.821. The van der Waals surface area contributed by atoms with Crippen LogP contribution in [0.5, 0.6) is 0 Å². The third-order valence-corrected chi connectivity index (χ3v) is 6.82. The van der Waals surface area contributed by atoms with E-state index < -0.39 is 0 Å². The van der Waals surface area contributed by atoms with Gasteiger partial charge in [0, 0.05) is 26.7 Å². The normalized spacial score (nSPS) is 26.0. The Morgan fingerprint density at radius 3 is 2.41 bits per heavy atom. The predicted molar refractivity (Wildman–Crippen MR) is 105 cm³/mol. The zero-order valence-electron chi connectivity index (χ0n) is 16.4. The van der Waals surface area contributed by atoms with Crippen LogP contribution in [0.1, 0.15) is 43.6 Å². The number of likely N-dealkylation sites (tertiary alicyclic amines) is 3. The fourth-order valence-corrected chi connectivity index (χ4v) is 5.20. The maximum atomic E-state index is 12.8. The van der Waals surface area contributed by atoms with Crippen LogP contribution in [0, 0.1) is 5.41 Å². The summed E-state index contributed by atoms with van der Waals surface area (Å²) >= 11 is 0. The molecule has 0 unspecified atom stereocenters. The third kappa shape index (κ3) is 3.88. The molecule has 1 spiro atoms. The van der Waals surface area contributed by atoms with Gasteiger partial charge in [-0.2, -0.15) is 0 Å². The number of likely N-dealkylation sites (N-methyl/N-ethyl adjacent to an activating group) is 1. The molecule has 5 heteroatoms. The molecule has 3 aliphatic heterocycles. The molecule has 3 fully saturated rings. The average molecular weight is 370 g/mol. The molecule has 3 saturated heterocycles. The first-order chi connectivity index (χ1) is 13.1. The van der Waals surface area contributed by atoms with Crippen molar-refractivity contribution >= 4 is 11.8 Å². The van der Waals surface area contributed by atoms with Gasteiger partial charge in [0.2, 0.25) is 11.8 Å². The molecule has 27 heavy (non-hydrogen) atoms. The highest BCUT2D eigenvalue weighted by Gasteiger charge is 2.45. The van der Waals surface area contributed by atoms with Crippen LogP contribution in [0.15, 0.2) is 30.3 Å². The number of rotatable bonds is 3. The SMILES string of the molecule is CN1CC2(CCN(C(=O)CN3CCCC3)CC2)C[C@H](c2ccccc2)C1=O. The lowest BCUT2D eigenvalue weighted by Crippen LogP contribution is -2.54. The van der Waals surface area contributed by atoms with E-state index in [1.54, 1.807) is 0 Å². The van der Waals surface area contributed by atoms with Gasteiger partial charge in [-0.15, -0.1) is 0 Å². The van der Waals surface area contributed by atoms with Gasteiger partial charge in [0.1, 0.15) is 0 Å². The second-order valence-electron chi connectivity index (χ2n) is 8.73. The molecule has 0 aliphatic carbocycles. The van der Waals surface area contributed by atoms with E-state index in [1.165, 1.54) is 12.8 Å². The zero-order chi connectivity index (χ0) is 18.9. The maximum absolute atomic E-state index is 12.8. The molecule has 0 saturated carbocycles. The van der Waals surface area contributed by atoms with Crippen LogP contribution >= 0.6 is 0 Å². The Morgan fingerprint density at radius 2 is 1.74 bits per heavy atom. The van der Waals surface area contributed by atoms with Crippen LogP contribution in [0.2, 0.25) is 0 Å². The molecule has 146 valence electrons. The number of hydrogen-bond donors (Lipinski definition) is 0. The van der Waals surface area contributed by atoms with Gasteiger partial charge in [0.15, 0.2) is 0 Å². The van der Waals surface area contributed by atoms with Crippen LogP contribution in [-0.4, -0.2) is 72.8 Å². The topological polar surface area (TPSA) is 43.9 Å². The lowest BCUT2D eigenvalue weighted by atomic mass is 9.67.